The van der Waals surface area contributed by atoms with Crippen LogP contribution >= 0.6 is 0 Å². The molecule has 10 heteroatoms. The Labute approximate surface area is 173 Å². The third-order valence-electron chi connectivity index (χ3n) is 3.57. The summed E-state index contributed by atoms with van der Waals surface area (Å²) in [6.07, 6.45) is 2.86. The summed E-state index contributed by atoms with van der Waals surface area (Å²) in [5.41, 5.74) is 12.8. The predicted octanol–water partition coefficient (Wildman–Crippen LogP) is 1.98. The van der Waals surface area contributed by atoms with E-state index in [4.69, 9.17) is 20.9 Å². The number of amidine groups is 2. The van der Waals surface area contributed by atoms with Crippen molar-refractivity contribution >= 4 is 24.1 Å². The van der Waals surface area contributed by atoms with Crippen molar-refractivity contribution in [3.8, 4) is 23.0 Å². The lowest BCUT2D eigenvalue weighted by atomic mass is 10.2. The maximum absolute atomic E-state index is 9.69. The number of nitrogens with zero attached hydrogens (tertiary/aromatic N) is 4. The number of aromatic hydroxyl groups is 2. The molecule has 2 rings (SSSR count). The maximum Gasteiger partial charge on any atom is 0.190 e. The number of phenolic OH excluding ortho intramolecular Hbond substituents is 2. The van der Waals surface area contributed by atoms with Gasteiger partial charge in [-0.25, -0.2) is 0 Å². The van der Waals surface area contributed by atoms with E-state index in [1.54, 1.807) is 24.3 Å². The fraction of sp³-hybridized carbons (Fsp3) is 0.200. The summed E-state index contributed by atoms with van der Waals surface area (Å²) in [6, 6.07) is 9.49. The molecule has 2 aromatic rings. The summed E-state index contributed by atoms with van der Waals surface area (Å²) in [5.74, 6) is 0.522. The molecular weight excluding hydrogens is 388 g/mol. The monoisotopic (exact) mass is 412 g/mol. The van der Waals surface area contributed by atoms with Crippen LogP contribution < -0.4 is 20.9 Å². The average Bonchev–Trinajstić information content (AvgIpc) is 2.72. The fourth-order valence-electron chi connectivity index (χ4n) is 2.18. The average molecular weight is 412 g/mol. The van der Waals surface area contributed by atoms with Gasteiger partial charge in [0.25, 0.3) is 0 Å². The zero-order valence-electron chi connectivity index (χ0n) is 16.7. The first-order valence-corrected chi connectivity index (χ1v) is 9.09. The van der Waals surface area contributed by atoms with Gasteiger partial charge in [0.1, 0.15) is 0 Å². The maximum atomic E-state index is 9.69. The lowest BCUT2D eigenvalue weighted by Crippen LogP contribution is -2.30. The largest absolute Gasteiger partial charge is 0.504 e. The second-order valence-corrected chi connectivity index (χ2v) is 5.78. The highest BCUT2D eigenvalue weighted by atomic mass is 16.5. The predicted molar refractivity (Wildman–Crippen MR) is 117 cm³/mol. The molecule has 6 N–H and O–H groups in total. The zero-order valence-corrected chi connectivity index (χ0v) is 16.7. The normalized spacial score (nSPS) is 12.6. The van der Waals surface area contributed by atoms with Crippen LogP contribution in [0.4, 0.5) is 0 Å². The van der Waals surface area contributed by atoms with Crippen molar-refractivity contribution in [2.24, 2.45) is 31.9 Å². The van der Waals surface area contributed by atoms with Gasteiger partial charge in [0.2, 0.25) is 0 Å². The van der Waals surface area contributed by atoms with Crippen LogP contribution in [-0.2, 0) is 0 Å². The van der Waals surface area contributed by atoms with Crippen molar-refractivity contribution in [3.05, 3.63) is 47.5 Å². The van der Waals surface area contributed by atoms with Gasteiger partial charge in [-0.1, -0.05) is 0 Å². The Morgan fingerprint density at radius 3 is 1.57 bits per heavy atom. The van der Waals surface area contributed by atoms with Gasteiger partial charge in [-0.05, 0) is 61.4 Å². The van der Waals surface area contributed by atoms with Crippen LogP contribution in [0.5, 0.6) is 23.0 Å². The van der Waals surface area contributed by atoms with Gasteiger partial charge in [0, 0.05) is 0 Å². The van der Waals surface area contributed by atoms with E-state index in [1.807, 2.05) is 13.8 Å². The van der Waals surface area contributed by atoms with Gasteiger partial charge in [-0.3, -0.25) is 0 Å². The van der Waals surface area contributed by atoms with Crippen LogP contribution in [0.15, 0.2) is 56.8 Å². The first-order valence-electron chi connectivity index (χ1n) is 9.09. The van der Waals surface area contributed by atoms with Crippen LogP contribution in [-0.4, -0.2) is 47.5 Å². The summed E-state index contributed by atoms with van der Waals surface area (Å²) in [5, 5.41) is 34.6. The lowest BCUT2D eigenvalue weighted by molar-refractivity contribution is 0.318. The second-order valence-electron chi connectivity index (χ2n) is 5.78. The van der Waals surface area contributed by atoms with E-state index < -0.39 is 0 Å². The number of benzene rings is 2. The third-order valence-corrected chi connectivity index (χ3v) is 3.57. The fourth-order valence-corrected chi connectivity index (χ4v) is 2.18. The summed E-state index contributed by atoms with van der Waals surface area (Å²) in [4.78, 5) is 0. The molecule has 0 unspecified atom stereocenters. The minimum absolute atomic E-state index is 0.0354. The highest BCUT2D eigenvalue weighted by Crippen LogP contribution is 2.26. The van der Waals surface area contributed by atoms with Crippen molar-refractivity contribution in [1.82, 2.24) is 0 Å². The molecule has 0 amide bonds. The van der Waals surface area contributed by atoms with E-state index in [9.17, 15) is 10.2 Å². The SMILES string of the molecule is CCOc1cc(\C=N/N=C(N)/C(N)=N\N=C/c2ccc(O)c(OCC)c2)ccc1O. The Bertz CT molecular complexity index is 906. The smallest absolute Gasteiger partial charge is 0.190 e. The molecule has 0 aromatic heterocycles. The number of hydrogen-bond acceptors (Lipinski definition) is 8. The molecule has 0 spiro atoms. The molecule has 0 saturated heterocycles. The van der Waals surface area contributed by atoms with Crippen molar-refractivity contribution in [1.29, 1.82) is 0 Å². The summed E-state index contributed by atoms with van der Waals surface area (Å²) >= 11 is 0. The molecule has 0 aliphatic heterocycles. The second kappa shape index (κ2) is 11.1. The molecule has 0 atom stereocenters. The molecule has 0 fully saturated rings. The minimum Gasteiger partial charge on any atom is -0.504 e. The first-order chi connectivity index (χ1) is 14.4. The van der Waals surface area contributed by atoms with Gasteiger partial charge < -0.3 is 31.2 Å². The number of nitrogens with two attached hydrogens (primary N) is 2. The molecule has 158 valence electrons. The first kappa shape index (κ1) is 22.2. The topological polar surface area (TPSA) is 160 Å². The van der Waals surface area contributed by atoms with Crippen LogP contribution in [0.2, 0.25) is 0 Å². The van der Waals surface area contributed by atoms with Crippen molar-refractivity contribution in [3.63, 3.8) is 0 Å². The highest BCUT2D eigenvalue weighted by Gasteiger charge is 2.03. The summed E-state index contributed by atoms with van der Waals surface area (Å²) < 4.78 is 10.6. The zero-order chi connectivity index (χ0) is 21.9. The molecule has 0 saturated carbocycles. The molecule has 30 heavy (non-hydrogen) atoms. The van der Waals surface area contributed by atoms with E-state index in [1.165, 1.54) is 24.6 Å². The van der Waals surface area contributed by atoms with E-state index in [0.717, 1.165) is 0 Å². The lowest BCUT2D eigenvalue weighted by Gasteiger charge is -2.05. The number of rotatable bonds is 8. The molecule has 0 aliphatic rings. The van der Waals surface area contributed by atoms with Gasteiger partial charge in [-0.2, -0.15) is 10.2 Å². The highest BCUT2D eigenvalue weighted by molar-refractivity contribution is 6.39. The van der Waals surface area contributed by atoms with E-state index >= 15 is 0 Å². The van der Waals surface area contributed by atoms with Crippen molar-refractivity contribution in [2.75, 3.05) is 13.2 Å². The number of phenols is 2. The standard InChI is InChI=1S/C20H24N6O4/c1-3-29-17-9-13(5-7-15(17)27)11-23-25-19(21)20(22)26-24-12-14-6-8-16(28)18(10-14)30-4-2/h5-12,27-28H,3-4H2,1-2H3,(H2,21,25)(H2,22,26)/b23-11-,24-12-. The number of ether oxygens (including phenoxy) is 2. The van der Waals surface area contributed by atoms with Gasteiger partial charge in [0.05, 0.1) is 25.6 Å². The number of hydrogen-bond donors (Lipinski definition) is 4. The van der Waals surface area contributed by atoms with E-state index in [0.29, 0.717) is 35.8 Å². The molecule has 0 radical (unpaired) electrons. The Hall–Kier alpha value is -4.08. The molecular formula is C20H24N6O4. The Morgan fingerprint density at radius 2 is 1.20 bits per heavy atom. The molecule has 0 bridgehead atoms. The van der Waals surface area contributed by atoms with Crippen LogP contribution in [0.3, 0.4) is 0 Å². The Balaban J connectivity index is 2.05. The van der Waals surface area contributed by atoms with Crippen molar-refractivity contribution < 1.29 is 19.7 Å². The quantitative estimate of drug-likeness (QED) is 0.294. The third kappa shape index (κ3) is 6.51. The van der Waals surface area contributed by atoms with Crippen LogP contribution in [0.25, 0.3) is 0 Å². The molecule has 0 aliphatic carbocycles. The van der Waals surface area contributed by atoms with Crippen LogP contribution in [0.1, 0.15) is 25.0 Å². The molecule has 10 nitrogen and oxygen atoms in total. The minimum atomic E-state index is -0.118. The summed E-state index contributed by atoms with van der Waals surface area (Å²) in [6.45, 7) is 4.47. The van der Waals surface area contributed by atoms with Gasteiger partial charge >= 0.3 is 0 Å². The summed E-state index contributed by atoms with van der Waals surface area (Å²) in [7, 11) is 0. The van der Waals surface area contributed by atoms with Crippen molar-refractivity contribution in [2.45, 2.75) is 13.8 Å². The molecule has 2 aromatic carbocycles. The Kier molecular flexibility index (Phi) is 8.18. The van der Waals surface area contributed by atoms with Crippen LogP contribution in [0, 0.1) is 0 Å². The van der Waals surface area contributed by atoms with Gasteiger partial charge in [0.15, 0.2) is 34.7 Å². The van der Waals surface area contributed by atoms with Gasteiger partial charge in [-0.15, -0.1) is 10.2 Å². The van der Waals surface area contributed by atoms with E-state index in [2.05, 4.69) is 20.4 Å². The van der Waals surface area contributed by atoms with E-state index in [-0.39, 0.29) is 23.2 Å². The molecule has 0 heterocycles. The Morgan fingerprint density at radius 1 is 0.800 bits per heavy atom.